The summed E-state index contributed by atoms with van der Waals surface area (Å²) in [5, 5.41) is 14.1. The molecule has 98 valence electrons. The van der Waals surface area contributed by atoms with Crippen molar-refractivity contribution < 1.29 is 4.92 Å². The van der Waals surface area contributed by atoms with Gasteiger partial charge in [0, 0.05) is 20.1 Å². The van der Waals surface area contributed by atoms with Crippen LogP contribution >= 0.6 is 0 Å². The molecule has 0 spiro atoms. The highest BCUT2D eigenvalue weighted by Crippen LogP contribution is 2.36. The molecule has 0 atom stereocenters. The zero-order valence-electron chi connectivity index (χ0n) is 10.8. The fraction of sp³-hybridized carbons (Fsp3) is 0.538. The van der Waals surface area contributed by atoms with Crippen molar-refractivity contribution in [1.82, 2.24) is 0 Å². The predicted octanol–water partition coefficient (Wildman–Crippen LogP) is 2.87. The number of anilines is 2. The van der Waals surface area contributed by atoms with Gasteiger partial charge in [0.25, 0.3) is 0 Å². The minimum Gasteiger partial charge on any atom is -0.382 e. The molecule has 0 aliphatic carbocycles. The van der Waals surface area contributed by atoms with Crippen LogP contribution < -0.4 is 10.2 Å². The summed E-state index contributed by atoms with van der Waals surface area (Å²) in [6, 6.07) is 5.45. The lowest BCUT2D eigenvalue weighted by molar-refractivity contribution is -0.383. The smallest absolute Gasteiger partial charge is 0.315 e. The monoisotopic (exact) mass is 249 g/mol. The Balaban J connectivity index is 2.35. The Morgan fingerprint density at radius 1 is 1.39 bits per heavy atom. The van der Waals surface area contributed by atoms with Crippen LogP contribution in [-0.4, -0.2) is 25.1 Å². The summed E-state index contributed by atoms with van der Waals surface area (Å²) in [7, 11) is 1.71. The van der Waals surface area contributed by atoms with E-state index in [-0.39, 0.29) is 10.6 Å². The number of piperidine rings is 1. The molecule has 1 fully saturated rings. The van der Waals surface area contributed by atoms with Crippen molar-refractivity contribution in [3.05, 3.63) is 28.3 Å². The third kappa shape index (κ3) is 2.39. The highest BCUT2D eigenvalue weighted by atomic mass is 16.6. The molecule has 18 heavy (non-hydrogen) atoms. The van der Waals surface area contributed by atoms with Crippen molar-refractivity contribution in [2.45, 2.75) is 19.8 Å². The Morgan fingerprint density at radius 3 is 2.61 bits per heavy atom. The largest absolute Gasteiger partial charge is 0.382 e. The molecular weight excluding hydrogens is 230 g/mol. The number of nitro benzene ring substituents is 1. The summed E-state index contributed by atoms with van der Waals surface area (Å²) < 4.78 is 0. The Hall–Kier alpha value is -1.78. The van der Waals surface area contributed by atoms with Crippen molar-refractivity contribution in [1.29, 1.82) is 0 Å². The number of nitrogens with one attached hydrogen (secondary N) is 1. The van der Waals surface area contributed by atoms with E-state index >= 15 is 0 Å². The molecule has 0 unspecified atom stereocenters. The van der Waals surface area contributed by atoms with Crippen molar-refractivity contribution >= 4 is 17.1 Å². The normalized spacial score (nSPS) is 16.7. The first kappa shape index (κ1) is 12.7. The van der Waals surface area contributed by atoms with Gasteiger partial charge in [-0.2, -0.15) is 0 Å². The van der Waals surface area contributed by atoms with Crippen LogP contribution in [0.25, 0.3) is 0 Å². The molecule has 2 rings (SSSR count). The predicted molar refractivity (Wildman–Crippen MR) is 73.3 cm³/mol. The summed E-state index contributed by atoms with van der Waals surface area (Å²) in [5.41, 5.74) is 1.50. The maximum Gasteiger partial charge on any atom is 0.315 e. The highest BCUT2D eigenvalue weighted by Gasteiger charge is 2.25. The maximum absolute atomic E-state index is 11.2. The molecule has 5 nitrogen and oxygen atoms in total. The van der Waals surface area contributed by atoms with Crippen molar-refractivity contribution in [2.24, 2.45) is 5.92 Å². The van der Waals surface area contributed by atoms with Gasteiger partial charge in [-0.15, -0.1) is 0 Å². The van der Waals surface area contributed by atoms with Gasteiger partial charge >= 0.3 is 5.69 Å². The molecule has 0 saturated carbocycles. The average Bonchev–Trinajstić information content (AvgIpc) is 2.38. The van der Waals surface area contributed by atoms with Crippen molar-refractivity contribution in [3.63, 3.8) is 0 Å². The van der Waals surface area contributed by atoms with Gasteiger partial charge in [-0.05, 0) is 30.9 Å². The Labute approximate surface area is 107 Å². The minimum absolute atomic E-state index is 0.189. The van der Waals surface area contributed by atoms with E-state index in [1.54, 1.807) is 13.1 Å². The summed E-state index contributed by atoms with van der Waals surface area (Å²) in [5.74, 6) is 0.716. The SMILES string of the molecule is CNc1cccc(N2CCC(C)CC2)c1[N+](=O)[O-]. The van der Waals surface area contributed by atoms with E-state index in [9.17, 15) is 10.1 Å². The van der Waals surface area contributed by atoms with E-state index in [0.29, 0.717) is 11.6 Å². The Morgan fingerprint density at radius 2 is 2.06 bits per heavy atom. The first-order chi connectivity index (χ1) is 8.63. The van der Waals surface area contributed by atoms with E-state index in [4.69, 9.17) is 0 Å². The quantitative estimate of drug-likeness (QED) is 0.661. The lowest BCUT2D eigenvalue weighted by Crippen LogP contribution is -2.33. The van der Waals surface area contributed by atoms with E-state index < -0.39 is 0 Å². The first-order valence-corrected chi connectivity index (χ1v) is 6.33. The fourth-order valence-corrected chi connectivity index (χ4v) is 2.43. The lowest BCUT2D eigenvalue weighted by Gasteiger charge is -2.32. The maximum atomic E-state index is 11.2. The van der Waals surface area contributed by atoms with E-state index in [0.717, 1.165) is 31.6 Å². The summed E-state index contributed by atoms with van der Waals surface area (Å²) >= 11 is 0. The number of para-hydroxylation sites is 1. The number of nitrogens with zero attached hydrogens (tertiary/aromatic N) is 2. The van der Waals surface area contributed by atoms with Gasteiger partial charge in [0.1, 0.15) is 11.4 Å². The van der Waals surface area contributed by atoms with Crippen LogP contribution in [0.15, 0.2) is 18.2 Å². The molecule has 1 aliphatic rings. The number of hydrogen-bond donors (Lipinski definition) is 1. The van der Waals surface area contributed by atoms with E-state index in [1.165, 1.54) is 0 Å². The summed E-state index contributed by atoms with van der Waals surface area (Å²) in [4.78, 5) is 13.1. The number of nitro groups is 1. The molecule has 1 aromatic carbocycles. The van der Waals surface area contributed by atoms with Crippen LogP contribution in [-0.2, 0) is 0 Å². The van der Waals surface area contributed by atoms with Gasteiger partial charge in [-0.25, -0.2) is 0 Å². The minimum atomic E-state index is -0.292. The Bertz CT molecular complexity index is 440. The molecule has 1 N–H and O–H groups in total. The van der Waals surface area contributed by atoms with Crippen LogP contribution in [0.5, 0.6) is 0 Å². The molecule has 1 aliphatic heterocycles. The third-order valence-electron chi connectivity index (χ3n) is 3.59. The van der Waals surface area contributed by atoms with Gasteiger partial charge in [-0.1, -0.05) is 13.0 Å². The fourth-order valence-electron chi connectivity index (χ4n) is 2.43. The first-order valence-electron chi connectivity index (χ1n) is 6.33. The number of benzene rings is 1. The van der Waals surface area contributed by atoms with E-state index in [2.05, 4.69) is 17.1 Å². The molecular formula is C13H19N3O2. The molecule has 0 bridgehead atoms. The average molecular weight is 249 g/mol. The van der Waals surface area contributed by atoms with Crippen molar-refractivity contribution in [2.75, 3.05) is 30.4 Å². The molecule has 0 aromatic heterocycles. The standard InChI is InChI=1S/C13H19N3O2/c1-10-6-8-15(9-7-10)12-5-3-4-11(14-2)13(12)16(17)18/h3-5,10,14H,6-9H2,1-2H3. The van der Waals surface area contributed by atoms with E-state index in [1.807, 2.05) is 12.1 Å². The zero-order valence-corrected chi connectivity index (χ0v) is 10.8. The van der Waals surface area contributed by atoms with Crippen LogP contribution in [0.3, 0.4) is 0 Å². The molecule has 1 heterocycles. The van der Waals surface area contributed by atoms with Gasteiger partial charge in [0.15, 0.2) is 0 Å². The molecule has 0 radical (unpaired) electrons. The van der Waals surface area contributed by atoms with Gasteiger partial charge in [0.05, 0.1) is 4.92 Å². The topological polar surface area (TPSA) is 58.4 Å². The lowest BCUT2D eigenvalue weighted by atomic mass is 9.98. The third-order valence-corrected chi connectivity index (χ3v) is 3.59. The van der Waals surface area contributed by atoms with Crippen LogP contribution in [0.1, 0.15) is 19.8 Å². The van der Waals surface area contributed by atoms with Gasteiger partial charge in [0.2, 0.25) is 0 Å². The number of rotatable bonds is 3. The molecule has 1 aromatic rings. The molecule has 5 heteroatoms. The second kappa shape index (κ2) is 5.25. The second-order valence-corrected chi connectivity index (χ2v) is 4.85. The number of hydrogen-bond acceptors (Lipinski definition) is 4. The van der Waals surface area contributed by atoms with Gasteiger partial charge in [-0.3, -0.25) is 10.1 Å². The second-order valence-electron chi connectivity index (χ2n) is 4.85. The highest BCUT2D eigenvalue weighted by molar-refractivity contribution is 5.77. The summed E-state index contributed by atoms with van der Waals surface area (Å²) in [6.45, 7) is 4.03. The summed E-state index contributed by atoms with van der Waals surface area (Å²) in [6.07, 6.45) is 2.20. The van der Waals surface area contributed by atoms with Crippen molar-refractivity contribution in [3.8, 4) is 0 Å². The van der Waals surface area contributed by atoms with Crippen LogP contribution in [0.4, 0.5) is 17.1 Å². The zero-order chi connectivity index (χ0) is 13.1. The molecule has 0 amide bonds. The molecule has 1 saturated heterocycles. The Kier molecular flexibility index (Phi) is 3.69. The van der Waals surface area contributed by atoms with Crippen LogP contribution in [0, 0.1) is 16.0 Å². The van der Waals surface area contributed by atoms with Crippen LogP contribution in [0.2, 0.25) is 0 Å². The van der Waals surface area contributed by atoms with Gasteiger partial charge < -0.3 is 10.2 Å².